The van der Waals surface area contributed by atoms with Crippen LogP contribution >= 0.6 is 27.5 Å². The van der Waals surface area contributed by atoms with E-state index in [0.717, 1.165) is 16.2 Å². The molecule has 0 amide bonds. The summed E-state index contributed by atoms with van der Waals surface area (Å²) in [4.78, 5) is 3.78. The van der Waals surface area contributed by atoms with Crippen LogP contribution in [0.4, 0.5) is 4.39 Å². The van der Waals surface area contributed by atoms with Crippen molar-refractivity contribution in [1.82, 2.24) is 4.98 Å². The van der Waals surface area contributed by atoms with E-state index in [9.17, 15) is 4.39 Å². The third-order valence-electron chi connectivity index (χ3n) is 2.39. The number of pyridine rings is 1. The summed E-state index contributed by atoms with van der Waals surface area (Å²) in [5.74, 6) is -0.397. The Kier molecular flexibility index (Phi) is 3.76. The van der Waals surface area contributed by atoms with Crippen LogP contribution in [-0.2, 0) is 0 Å². The van der Waals surface area contributed by atoms with Gasteiger partial charge in [-0.2, -0.15) is 0 Å². The zero-order chi connectivity index (χ0) is 12.4. The van der Waals surface area contributed by atoms with Crippen molar-refractivity contribution in [2.75, 3.05) is 0 Å². The third kappa shape index (κ3) is 2.83. The highest BCUT2D eigenvalue weighted by Crippen LogP contribution is 2.27. The quantitative estimate of drug-likeness (QED) is 0.918. The lowest BCUT2D eigenvalue weighted by molar-refractivity contribution is 0.616. The smallest absolute Gasteiger partial charge is 0.141 e. The molecule has 0 aliphatic heterocycles. The SMILES string of the molecule is NC(c1cncc(F)c1)c1ccc(Cl)c(Br)c1. The molecular formula is C12H9BrClFN2. The minimum Gasteiger partial charge on any atom is -0.320 e. The molecule has 0 aliphatic rings. The Morgan fingerprint density at radius 2 is 2.00 bits per heavy atom. The average molecular weight is 316 g/mol. The molecular weight excluding hydrogens is 307 g/mol. The molecule has 0 spiro atoms. The van der Waals surface area contributed by atoms with Gasteiger partial charge in [-0.3, -0.25) is 4.98 Å². The van der Waals surface area contributed by atoms with Crippen LogP contribution in [0.5, 0.6) is 0 Å². The molecule has 1 aromatic heterocycles. The second kappa shape index (κ2) is 5.12. The van der Waals surface area contributed by atoms with Gasteiger partial charge in [0.25, 0.3) is 0 Å². The highest BCUT2D eigenvalue weighted by molar-refractivity contribution is 9.10. The Hall–Kier alpha value is -0.970. The summed E-state index contributed by atoms with van der Waals surface area (Å²) in [5.41, 5.74) is 7.50. The molecule has 1 heterocycles. The molecule has 0 saturated heterocycles. The Bertz CT molecular complexity index is 548. The summed E-state index contributed by atoms with van der Waals surface area (Å²) < 4.78 is 13.8. The number of benzene rings is 1. The maximum atomic E-state index is 13.0. The molecule has 0 fully saturated rings. The van der Waals surface area contributed by atoms with Gasteiger partial charge in [0.05, 0.1) is 17.3 Å². The zero-order valence-corrected chi connectivity index (χ0v) is 11.0. The Labute approximate surface area is 112 Å². The van der Waals surface area contributed by atoms with Crippen LogP contribution in [0, 0.1) is 5.82 Å². The van der Waals surface area contributed by atoms with E-state index in [-0.39, 0.29) is 0 Å². The molecule has 0 saturated carbocycles. The van der Waals surface area contributed by atoms with Gasteiger partial charge in [-0.05, 0) is 45.3 Å². The molecule has 2 rings (SSSR count). The minimum atomic E-state index is -0.424. The van der Waals surface area contributed by atoms with Crippen molar-refractivity contribution < 1.29 is 4.39 Å². The van der Waals surface area contributed by atoms with Crippen LogP contribution in [0.1, 0.15) is 17.2 Å². The number of nitrogens with zero attached hydrogens (tertiary/aromatic N) is 1. The standard InChI is InChI=1S/C12H9BrClFN2/c13-10-4-7(1-2-11(10)14)12(16)8-3-9(15)6-17-5-8/h1-6,12H,16H2. The molecule has 2 nitrogen and oxygen atoms in total. The largest absolute Gasteiger partial charge is 0.320 e. The first-order valence-corrected chi connectivity index (χ1v) is 6.06. The molecule has 0 radical (unpaired) electrons. The molecule has 0 aliphatic carbocycles. The summed E-state index contributed by atoms with van der Waals surface area (Å²) in [6, 6.07) is 6.32. The molecule has 2 aromatic rings. The van der Waals surface area contributed by atoms with Crippen LogP contribution in [0.25, 0.3) is 0 Å². The lowest BCUT2D eigenvalue weighted by Crippen LogP contribution is -2.12. The molecule has 2 N–H and O–H groups in total. The van der Waals surface area contributed by atoms with Crippen LogP contribution in [0.15, 0.2) is 41.1 Å². The van der Waals surface area contributed by atoms with E-state index in [1.165, 1.54) is 6.07 Å². The van der Waals surface area contributed by atoms with E-state index < -0.39 is 11.9 Å². The van der Waals surface area contributed by atoms with Gasteiger partial charge in [-0.15, -0.1) is 0 Å². The van der Waals surface area contributed by atoms with Crippen molar-refractivity contribution in [3.63, 3.8) is 0 Å². The zero-order valence-electron chi connectivity index (χ0n) is 8.70. The topological polar surface area (TPSA) is 38.9 Å². The molecule has 0 bridgehead atoms. The van der Waals surface area contributed by atoms with E-state index in [1.54, 1.807) is 12.3 Å². The highest BCUT2D eigenvalue weighted by Gasteiger charge is 2.11. The maximum Gasteiger partial charge on any atom is 0.141 e. The van der Waals surface area contributed by atoms with Gasteiger partial charge < -0.3 is 5.73 Å². The summed E-state index contributed by atoms with van der Waals surface area (Å²) in [5, 5.41) is 0.610. The number of hydrogen-bond donors (Lipinski definition) is 1. The average Bonchev–Trinajstić information content (AvgIpc) is 2.32. The fourth-order valence-corrected chi connectivity index (χ4v) is 2.01. The number of rotatable bonds is 2. The van der Waals surface area contributed by atoms with Crippen LogP contribution < -0.4 is 5.73 Å². The highest BCUT2D eigenvalue weighted by atomic mass is 79.9. The van der Waals surface area contributed by atoms with Crippen LogP contribution in [-0.4, -0.2) is 4.98 Å². The van der Waals surface area contributed by atoms with Crippen LogP contribution in [0.2, 0.25) is 5.02 Å². The van der Waals surface area contributed by atoms with Gasteiger partial charge in [0, 0.05) is 10.7 Å². The lowest BCUT2D eigenvalue weighted by Gasteiger charge is -2.12. The van der Waals surface area contributed by atoms with E-state index in [4.69, 9.17) is 17.3 Å². The first-order valence-electron chi connectivity index (χ1n) is 4.89. The molecule has 1 unspecified atom stereocenters. The Morgan fingerprint density at radius 3 is 2.65 bits per heavy atom. The van der Waals surface area contributed by atoms with Crippen molar-refractivity contribution in [2.24, 2.45) is 5.73 Å². The molecule has 88 valence electrons. The minimum absolute atomic E-state index is 0.397. The van der Waals surface area contributed by atoms with Gasteiger partial charge in [-0.1, -0.05) is 17.7 Å². The molecule has 17 heavy (non-hydrogen) atoms. The number of aromatic nitrogens is 1. The Morgan fingerprint density at radius 1 is 1.24 bits per heavy atom. The van der Waals surface area contributed by atoms with Crippen molar-refractivity contribution >= 4 is 27.5 Å². The number of halogens is 3. The summed E-state index contributed by atoms with van der Waals surface area (Å²) >= 11 is 9.22. The Balaban J connectivity index is 2.36. The number of nitrogens with two attached hydrogens (primary N) is 1. The van der Waals surface area contributed by atoms with E-state index in [2.05, 4.69) is 20.9 Å². The maximum absolute atomic E-state index is 13.0. The summed E-state index contributed by atoms with van der Waals surface area (Å²) in [7, 11) is 0. The molecule has 5 heteroatoms. The van der Waals surface area contributed by atoms with E-state index >= 15 is 0 Å². The second-order valence-corrected chi connectivity index (χ2v) is 4.85. The van der Waals surface area contributed by atoms with E-state index in [0.29, 0.717) is 10.6 Å². The normalized spacial score (nSPS) is 12.5. The van der Waals surface area contributed by atoms with Crippen molar-refractivity contribution in [3.05, 3.63) is 63.1 Å². The van der Waals surface area contributed by atoms with Gasteiger partial charge >= 0.3 is 0 Å². The molecule has 1 atom stereocenters. The number of hydrogen-bond acceptors (Lipinski definition) is 2. The first-order chi connectivity index (χ1) is 8.08. The van der Waals surface area contributed by atoms with Gasteiger partial charge in [0.15, 0.2) is 0 Å². The van der Waals surface area contributed by atoms with E-state index in [1.807, 2.05) is 12.1 Å². The van der Waals surface area contributed by atoms with Gasteiger partial charge in [-0.25, -0.2) is 4.39 Å². The summed E-state index contributed by atoms with van der Waals surface area (Å²) in [6.07, 6.45) is 2.70. The lowest BCUT2D eigenvalue weighted by atomic mass is 10.0. The van der Waals surface area contributed by atoms with Crippen molar-refractivity contribution in [3.8, 4) is 0 Å². The predicted octanol–water partition coefficient (Wildman–Crippen LogP) is 3.68. The van der Waals surface area contributed by atoms with Crippen LogP contribution in [0.3, 0.4) is 0 Å². The van der Waals surface area contributed by atoms with Gasteiger partial charge in [0.1, 0.15) is 5.82 Å². The fourth-order valence-electron chi connectivity index (χ4n) is 1.50. The monoisotopic (exact) mass is 314 g/mol. The second-order valence-electron chi connectivity index (χ2n) is 3.59. The third-order valence-corrected chi connectivity index (χ3v) is 3.60. The van der Waals surface area contributed by atoms with Gasteiger partial charge in [0.2, 0.25) is 0 Å². The predicted molar refractivity (Wildman–Crippen MR) is 69.4 cm³/mol. The summed E-state index contributed by atoms with van der Waals surface area (Å²) in [6.45, 7) is 0. The first kappa shape index (κ1) is 12.5. The van der Waals surface area contributed by atoms with Crippen molar-refractivity contribution in [1.29, 1.82) is 0 Å². The fraction of sp³-hybridized carbons (Fsp3) is 0.0833. The molecule has 1 aromatic carbocycles. The van der Waals surface area contributed by atoms with Crippen molar-refractivity contribution in [2.45, 2.75) is 6.04 Å².